The number of benzene rings is 1. The molecule has 15 heavy (non-hydrogen) atoms. The van der Waals surface area contributed by atoms with Gasteiger partial charge in [-0.1, -0.05) is 35.8 Å². The van der Waals surface area contributed by atoms with E-state index in [0.717, 1.165) is 15.8 Å². The predicted octanol–water partition coefficient (Wildman–Crippen LogP) is 4.25. The highest BCUT2D eigenvalue weighted by atomic mass is 79.9. The lowest BCUT2D eigenvalue weighted by atomic mass is 10.1. The zero-order valence-corrected chi connectivity index (χ0v) is 11.7. The molecule has 3 heteroatoms. The highest BCUT2D eigenvalue weighted by Crippen LogP contribution is 2.29. The second kappa shape index (κ2) is 5.92. The predicted molar refractivity (Wildman–Crippen MR) is 70.3 cm³/mol. The third-order valence-electron chi connectivity index (χ3n) is 2.01. The minimum atomic E-state index is -0.413. The average molecular weight is 289 g/mol. The van der Waals surface area contributed by atoms with Crippen LogP contribution in [0.3, 0.4) is 0 Å². The van der Waals surface area contributed by atoms with E-state index in [9.17, 15) is 5.11 Å². The lowest BCUT2D eigenvalue weighted by Crippen LogP contribution is -1.94. The molecule has 0 saturated heterocycles. The molecule has 1 nitrogen and oxygen atoms in total. The molecule has 0 aliphatic heterocycles. The molecular formula is C12H17BrOS. The lowest BCUT2D eigenvalue weighted by Gasteiger charge is -2.10. The Morgan fingerprint density at radius 3 is 2.47 bits per heavy atom. The zero-order chi connectivity index (χ0) is 11.4. The average Bonchev–Trinajstić information content (AvgIpc) is 2.14. The third kappa shape index (κ3) is 4.17. The fraction of sp³-hybridized carbons (Fsp3) is 0.500. The summed E-state index contributed by atoms with van der Waals surface area (Å²) >= 11 is 5.33. The van der Waals surface area contributed by atoms with Gasteiger partial charge < -0.3 is 5.11 Å². The number of aliphatic hydroxyl groups excluding tert-OH is 1. The van der Waals surface area contributed by atoms with Crippen molar-refractivity contribution in [2.45, 2.75) is 31.8 Å². The molecule has 0 aliphatic carbocycles. The molecule has 0 aromatic heterocycles. The fourth-order valence-electron chi connectivity index (χ4n) is 1.20. The number of hydrogen-bond donors (Lipinski definition) is 1. The Morgan fingerprint density at radius 1 is 1.33 bits per heavy atom. The largest absolute Gasteiger partial charge is 0.389 e. The van der Waals surface area contributed by atoms with Gasteiger partial charge in [-0.3, -0.25) is 0 Å². The van der Waals surface area contributed by atoms with Crippen molar-refractivity contribution in [1.82, 2.24) is 0 Å². The van der Waals surface area contributed by atoms with Gasteiger partial charge in [0.05, 0.1) is 6.10 Å². The van der Waals surface area contributed by atoms with Crippen molar-refractivity contribution in [2.24, 2.45) is 5.92 Å². The Hall–Kier alpha value is 0.01000. The van der Waals surface area contributed by atoms with Crippen molar-refractivity contribution in [3.05, 3.63) is 28.2 Å². The van der Waals surface area contributed by atoms with Crippen molar-refractivity contribution < 1.29 is 5.11 Å². The summed E-state index contributed by atoms with van der Waals surface area (Å²) < 4.78 is 0.992. The van der Waals surface area contributed by atoms with Gasteiger partial charge in [-0.05, 0) is 30.5 Å². The van der Waals surface area contributed by atoms with E-state index in [4.69, 9.17) is 0 Å². The van der Waals surface area contributed by atoms with Crippen molar-refractivity contribution in [1.29, 1.82) is 0 Å². The van der Waals surface area contributed by atoms with Crippen LogP contribution in [0.25, 0.3) is 0 Å². The Kier molecular flexibility index (Phi) is 5.16. The smallest absolute Gasteiger partial charge is 0.0772 e. The van der Waals surface area contributed by atoms with Gasteiger partial charge in [-0.2, -0.15) is 0 Å². The SMILES string of the molecule is CC(C)CSc1ccc(C(C)O)c(Br)c1. The first-order valence-corrected chi connectivity index (χ1v) is 6.89. The van der Waals surface area contributed by atoms with Gasteiger partial charge in [0.15, 0.2) is 0 Å². The zero-order valence-electron chi connectivity index (χ0n) is 9.33. The molecule has 84 valence electrons. The van der Waals surface area contributed by atoms with Crippen LogP contribution in [0.2, 0.25) is 0 Å². The molecule has 1 rings (SSSR count). The lowest BCUT2D eigenvalue weighted by molar-refractivity contribution is 0.198. The summed E-state index contributed by atoms with van der Waals surface area (Å²) in [4.78, 5) is 1.25. The molecule has 0 fully saturated rings. The maximum atomic E-state index is 9.48. The van der Waals surface area contributed by atoms with Crippen molar-refractivity contribution >= 4 is 27.7 Å². The molecule has 0 spiro atoms. The number of thioether (sulfide) groups is 1. The van der Waals surface area contributed by atoms with Crippen molar-refractivity contribution in [3.63, 3.8) is 0 Å². The van der Waals surface area contributed by atoms with Gasteiger partial charge in [0.1, 0.15) is 0 Å². The monoisotopic (exact) mass is 288 g/mol. The number of rotatable bonds is 4. The van der Waals surface area contributed by atoms with E-state index >= 15 is 0 Å². The second-order valence-corrected chi connectivity index (χ2v) is 6.01. The Balaban J connectivity index is 2.73. The number of hydrogen-bond acceptors (Lipinski definition) is 2. The van der Waals surface area contributed by atoms with Crippen LogP contribution in [0.15, 0.2) is 27.6 Å². The maximum Gasteiger partial charge on any atom is 0.0772 e. The summed E-state index contributed by atoms with van der Waals surface area (Å²) in [6.45, 7) is 6.21. The Labute approximate surface area is 104 Å². The Bertz CT molecular complexity index is 323. The van der Waals surface area contributed by atoms with Crippen LogP contribution in [0.1, 0.15) is 32.4 Å². The van der Waals surface area contributed by atoms with E-state index in [1.54, 1.807) is 6.92 Å². The van der Waals surface area contributed by atoms with Gasteiger partial charge in [0.25, 0.3) is 0 Å². The fourth-order valence-corrected chi connectivity index (χ4v) is 2.95. The molecule has 1 aromatic rings. The van der Waals surface area contributed by atoms with Gasteiger partial charge in [-0.15, -0.1) is 11.8 Å². The van der Waals surface area contributed by atoms with E-state index in [0.29, 0.717) is 5.92 Å². The van der Waals surface area contributed by atoms with E-state index in [1.165, 1.54) is 4.90 Å². The highest BCUT2D eigenvalue weighted by molar-refractivity contribution is 9.10. The first-order valence-electron chi connectivity index (χ1n) is 5.11. The Morgan fingerprint density at radius 2 is 2.00 bits per heavy atom. The van der Waals surface area contributed by atoms with Crippen LogP contribution in [0.4, 0.5) is 0 Å². The summed E-state index contributed by atoms with van der Waals surface area (Å²) in [6.07, 6.45) is -0.413. The van der Waals surface area contributed by atoms with Crippen molar-refractivity contribution in [3.8, 4) is 0 Å². The minimum Gasteiger partial charge on any atom is -0.389 e. The molecule has 1 N–H and O–H groups in total. The van der Waals surface area contributed by atoms with Gasteiger partial charge >= 0.3 is 0 Å². The van der Waals surface area contributed by atoms with Crippen LogP contribution in [0, 0.1) is 5.92 Å². The summed E-state index contributed by atoms with van der Waals surface area (Å²) in [6, 6.07) is 6.13. The second-order valence-electron chi connectivity index (χ2n) is 4.06. The first kappa shape index (κ1) is 13.1. The van der Waals surface area contributed by atoms with Gasteiger partial charge in [0, 0.05) is 15.1 Å². The standard InChI is InChI=1S/C12H17BrOS/c1-8(2)7-15-10-4-5-11(9(3)14)12(13)6-10/h4-6,8-9,14H,7H2,1-3H3. The van der Waals surface area contributed by atoms with E-state index in [-0.39, 0.29) is 0 Å². The van der Waals surface area contributed by atoms with E-state index in [1.807, 2.05) is 17.8 Å². The van der Waals surface area contributed by atoms with Crippen LogP contribution in [-0.2, 0) is 0 Å². The molecule has 1 aromatic carbocycles. The summed E-state index contributed by atoms with van der Waals surface area (Å²) in [7, 11) is 0. The molecule has 0 saturated carbocycles. The molecule has 0 aliphatic rings. The first-order chi connectivity index (χ1) is 7.00. The molecule has 0 amide bonds. The highest BCUT2D eigenvalue weighted by Gasteiger charge is 2.07. The minimum absolute atomic E-state index is 0.413. The van der Waals surface area contributed by atoms with Crippen LogP contribution in [0.5, 0.6) is 0 Å². The molecule has 0 radical (unpaired) electrons. The van der Waals surface area contributed by atoms with E-state index < -0.39 is 6.10 Å². The summed E-state index contributed by atoms with van der Waals surface area (Å²) in [5.74, 6) is 1.82. The quantitative estimate of drug-likeness (QED) is 0.836. The molecule has 0 bridgehead atoms. The molecular weight excluding hydrogens is 272 g/mol. The maximum absolute atomic E-state index is 9.48. The third-order valence-corrected chi connectivity index (χ3v) is 4.11. The number of aliphatic hydroxyl groups is 1. The van der Waals surface area contributed by atoms with E-state index in [2.05, 4.69) is 41.9 Å². The topological polar surface area (TPSA) is 20.2 Å². The summed E-state index contributed by atoms with van der Waals surface area (Å²) in [5.41, 5.74) is 0.948. The normalized spacial score (nSPS) is 13.2. The van der Waals surface area contributed by atoms with Gasteiger partial charge in [-0.25, -0.2) is 0 Å². The molecule has 1 unspecified atom stereocenters. The van der Waals surface area contributed by atoms with Crippen molar-refractivity contribution in [2.75, 3.05) is 5.75 Å². The molecule has 1 atom stereocenters. The van der Waals surface area contributed by atoms with Crippen LogP contribution >= 0.6 is 27.7 Å². The molecule has 0 heterocycles. The van der Waals surface area contributed by atoms with Crippen LogP contribution in [-0.4, -0.2) is 10.9 Å². The summed E-state index contributed by atoms with van der Waals surface area (Å²) in [5, 5.41) is 9.48. The van der Waals surface area contributed by atoms with Gasteiger partial charge in [0.2, 0.25) is 0 Å². The van der Waals surface area contributed by atoms with Crippen LogP contribution < -0.4 is 0 Å². The number of halogens is 1.